The maximum Gasteiger partial charge on any atom is 0.311 e. The third kappa shape index (κ3) is 20.7. The van der Waals surface area contributed by atoms with Crippen LogP contribution >= 0.6 is 0 Å². The van der Waals surface area contributed by atoms with Crippen molar-refractivity contribution in [3.63, 3.8) is 0 Å². The van der Waals surface area contributed by atoms with Gasteiger partial charge in [0.25, 0.3) is 0 Å². The van der Waals surface area contributed by atoms with E-state index >= 15 is 0 Å². The zero-order valence-electron chi connectivity index (χ0n) is 23.3. The second-order valence-corrected chi connectivity index (χ2v) is 9.92. The van der Waals surface area contributed by atoms with Crippen molar-refractivity contribution in [2.24, 2.45) is 5.41 Å². The number of carbonyl (C=O) groups excluding carboxylic acids is 1. The molecule has 0 N–H and O–H groups in total. The Morgan fingerprint density at radius 2 is 0.882 bits per heavy atom. The van der Waals surface area contributed by atoms with Gasteiger partial charge in [0.2, 0.25) is 0 Å². The lowest BCUT2D eigenvalue weighted by atomic mass is 9.79. The van der Waals surface area contributed by atoms with Crippen LogP contribution in [-0.4, -0.2) is 52.2 Å². The average Bonchev–Trinajstić information content (AvgIpc) is 2.84. The minimum absolute atomic E-state index is 0.0429. The summed E-state index contributed by atoms with van der Waals surface area (Å²) in [5.41, 5.74) is -0.365. The van der Waals surface area contributed by atoms with E-state index in [1.807, 2.05) is 0 Å². The third-order valence-electron chi connectivity index (χ3n) is 6.50. The van der Waals surface area contributed by atoms with E-state index in [-0.39, 0.29) is 11.4 Å². The summed E-state index contributed by atoms with van der Waals surface area (Å²) in [5, 5.41) is 0. The molecule has 0 rings (SSSR count). The van der Waals surface area contributed by atoms with Crippen LogP contribution in [0.1, 0.15) is 130 Å². The van der Waals surface area contributed by atoms with Gasteiger partial charge in [-0.15, -0.1) is 0 Å². The van der Waals surface area contributed by atoms with Gasteiger partial charge in [0.1, 0.15) is 6.61 Å². The predicted molar refractivity (Wildman–Crippen MR) is 142 cm³/mol. The molecule has 5 nitrogen and oxygen atoms in total. The van der Waals surface area contributed by atoms with E-state index in [0.29, 0.717) is 39.6 Å². The monoisotopic (exact) mass is 486 g/mol. The summed E-state index contributed by atoms with van der Waals surface area (Å²) in [6, 6.07) is 0. The molecular formula is C29H58O5. The molecule has 0 aromatic carbocycles. The van der Waals surface area contributed by atoms with Gasteiger partial charge in [-0.2, -0.15) is 0 Å². The molecule has 0 fully saturated rings. The summed E-state index contributed by atoms with van der Waals surface area (Å²) in [7, 11) is 0. The minimum atomic E-state index is -0.365. The van der Waals surface area contributed by atoms with Gasteiger partial charge >= 0.3 is 5.97 Å². The molecule has 0 saturated carbocycles. The van der Waals surface area contributed by atoms with Gasteiger partial charge in [-0.25, -0.2) is 0 Å². The van der Waals surface area contributed by atoms with E-state index < -0.39 is 0 Å². The average molecular weight is 487 g/mol. The highest BCUT2D eigenvalue weighted by atomic mass is 16.6. The topological polar surface area (TPSA) is 54.0 Å². The molecule has 0 aromatic heterocycles. The molecule has 0 aromatic rings. The maximum atomic E-state index is 13.0. The van der Waals surface area contributed by atoms with E-state index in [2.05, 4.69) is 27.7 Å². The van der Waals surface area contributed by atoms with E-state index in [1.54, 1.807) is 0 Å². The lowest BCUT2D eigenvalue weighted by Crippen LogP contribution is -2.31. The lowest BCUT2D eigenvalue weighted by Gasteiger charge is -2.27. The number of esters is 1. The Morgan fingerprint density at radius 3 is 1.35 bits per heavy atom. The van der Waals surface area contributed by atoms with Gasteiger partial charge < -0.3 is 18.9 Å². The second-order valence-electron chi connectivity index (χ2n) is 9.92. The molecule has 0 amide bonds. The standard InChI is InChI=1S/C29H58O5/c1-5-8-11-13-15-17-19-29(4,20-18-16-14-12-9-6-2)28(30)34-27-26-33-25-24-32-23-22-31-21-10-7-3/h5-27H2,1-4H3. The van der Waals surface area contributed by atoms with Crippen LogP contribution in [0.3, 0.4) is 0 Å². The van der Waals surface area contributed by atoms with Crippen molar-refractivity contribution < 1.29 is 23.7 Å². The number of hydrogen-bond acceptors (Lipinski definition) is 5. The Bertz CT molecular complexity index is 411. The molecule has 0 heterocycles. The zero-order chi connectivity index (χ0) is 25.2. The summed E-state index contributed by atoms with van der Waals surface area (Å²) in [6.45, 7) is 12.6. The van der Waals surface area contributed by atoms with Crippen molar-refractivity contribution >= 4 is 5.97 Å². The van der Waals surface area contributed by atoms with E-state index in [1.165, 1.54) is 64.2 Å². The number of rotatable bonds is 27. The number of unbranched alkanes of at least 4 members (excludes halogenated alkanes) is 11. The van der Waals surface area contributed by atoms with Crippen molar-refractivity contribution in [1.29, 1.82) is 0 Å². The molecular weight excluding hydrogens is 428 g/mol. The molecule has 0 bridgehead atoms. The second kappa shape index (κ2) is 25.4. The van der Waals surface area contributed by atoms with Crippen LogP contribution in [0.2, 0.25) is 0 Å². The van der Waals surface area contributed by atoms with Crippen molar-refractivity contribution in [2.75, 3.05) is 46.2 Å². The third-order valence-corrected chi connectivity index (χ3v) is 6.50. The van der Waals surface area contributed by atoms with Crippen LogP contribution in [0.4, 0.5) is 0 Å². The minimum Gasteiger partial charge on any atom is -0.463 e. The fraction of sp³-hybridized carbons (Fsp3) is 0.966. The van der Waals surface area contributed by atoms with Gasteiger partial charge in [0.05, 0.1) is 38.4 Å². The first-order valence-corrected chi connectivity index (χ1v) is 14.5. The highest BCUT2D eigenvalue weighted by molar-refractivity contribution is 5.76. The molecule has 0 saturated heterocycles. The Kier molecular flexibility index (Phi) is 25.0. The molecule has 0 unspecified atom stereocenters. The molecule has 0 aliphatic heterocycles. The van der Waals surface area contributed by atoms with Crippen molar-refractivity contribution in [2.45, 2.75) is 130 Å². The van der Waals surface area contributed by atoms with Crippen molar-refractivity contribution in [3.05, 3.63) is 0 Å². The van der Waals surface area contributed by atoms with Crippen LogP contribution in [0, 0.1) is 5.41 Å². The van der Waals surface area contributed by atoms with Crippen LogP contribution in [0.5, 0.6) is 0 Å². The Hall–Kier alpha value is -0.650. The van der Waals surface area contributed by atoms with Crippen molar-refractivity contribution in [1.82, 2.24) is 0 Å². The largest absolute Gasteiger partial charge is 0.463 e. The van der Waals surface area contributed by atoms with Gasteiger partial charge in [-0.05, 0) is 26.2 Å². The fourth-order valence-electron chi connectivity index (χ4n) is 4.08. The molecule has 0 atom stereocenters. The van der Waals surface area contributed by atoms with E-state index in [0.717, 1.165) is 45.1 Å². The van der Waals surface area contributed by atoms with E-state index in [9.17, 15) is 4.79 Å². The molecule has 0 aliphatic rings. The predicted octanol–water partition coefficient (Wildman–Crippen LogP) is 7.89. The number of carbonyl (C=O) groups is 1. The molecule has 34 heavy (non-hydrogen) atoms. The molecule has 0 aliphatic carbocycles. The van der Waals surface area contributed by atoms with Gasteiger partial charge in [-0.1, -0.05) is 104 Å². The Morgan fingerprint density at radius 1 is 0.500 bits per heavy atom. The summed E-state index contributed by atoms with van der Waals surface area (Å²) in [4.78, 5) is 13.0. The molecule has 5 heteroatoms. The summed E-state index contributed by atoms with van der Waals surface area (Å²) in [6.07, 6.45) is 19.1. The van der Waals surface area contributed by atoms with Crippen molar-refractivity contribution in [3.8, 4) is 0 Å². The highest BCUT2D eigenvalue weighted by Gasteiger charge is 2.33. The first-order chi connectivity index (χ1) is 16.6. The SMILES string of the molecule is CCCCCCCCC(C)(CCCCCCCC)C(=O)OCCOCCOCCOCCCC. The highest BCUT2D eigenvalue weighted by Crippen LogP contribution is 2.33. The quantitative estimate of drug-likeness (QED) is 0.0872. The number of ether oxygens (including phenoxy) is 4. The first-order valence-electron chi connectivity index (χ1n) is 14.5. The molecule has 0 spiro atoms. The van der Waals surface area contributed by atoms with Gasteiger partial charge in [-0.3, -0.25) is 4.79 Å². The molecule has 0 radical (unpaired) electrons. The maximum absolute atomic E-state index is 13.0. The zero-order valence-corrected chi connectivity index (χ0v) is 23.3. The summed E-state index contributed by atoms with van der Waals surface area (Å²) < 4.78 is 22.2. The first kappa shape index (κ1) is 33.4. The smallest absolute Gasteiger partial charge is 0.311 e. The normalized spacial score (nSPS) is 11.8. The van der Waals surface area contributed by atoms with Crippen LogP contribution in [0.25, 0.3) is 0 Å². The lowest BCUT2D eigenvalue weighted by molar-refractivity contribution is -0.157. The van der Waals surface area contributed by atoms with Gasteiger partial charge in [0.15, 0.2) is 0 Å². The fourth-order valence-corrected chi connectivity index (χ4v) is 4.08. The van der Waals surface area contributed by atoms with Crippen LogP contribution < -0.4 is 0 Å². The van der Waals surface area contributed by atoms with Crippen LogP contribution in [0.15, 0.2) is 0 Å². The van der Waals surface area contributed by atoms with Gasteiger partial charge in [0, 0.05) is 6.61 Å². The van der Waals surface area contributed by atoms with Crippen LogP contribution in [-0.2, 0) is 23.7 Å². The van der Waals surface area contributed by atoms with E-state index in [4.69, 9.17) is 18.9 Å². The molecule has 204 valence electrons. The number of hydrogen-bond donors (Lipinski definition) is 0. The Balaban J connectivity index is 4.09. The Labute approximate surface area is 212 Å². The summed E-state index contributed by atoms with van der Waals surface area (Å²) in [5.74, 6) is -0.0429. The summed E-state index contributed by atoms with van der Waals surface area (Å²) >= 11 is 0.